The van der Waals surface area contributed by atoms with E-state index in [9.17, 15) is 10.2 Å². The maximum absolute atomic E-state index is 13.1. The number of fused-ring (bicyclic) bond motifs is 2. The van der Waals surface area contributed by atoms with Crippen LogP contribution in [0.2, 0.25) is 5.02 Å². The normalized spacial score (nSPS) is 19.3. The Balaban J connectivity index is 1.59. The monoisotopic (exact) mass is 550 g/mol. The Bertz CT molecular complexity index is 1880. The van der Waals surface area contributed by atoms with Crippen molar-refractivity contribution in [2.45, 2.75) is 11.2 Å². The van der Waals surface area contributed by atoms with E-state index in [4.69, 9.17) is 11.6 Å². The first-order chi connectivity index (χ1) is 20.0. The van der Waals surface area contributed by atoms with Crippen molar-refractivity contribution in [2.75, 3.05) is 0 Å². The lowest BCUT2D eigenvalue weighted by Gasteiger charge is -2.46. The van der Waals surface area contributed by atoms with Crippen molar-refractivity contribution in [1.82, 2.24) is 0 Å². The van der Waals surface area contributed by atoms with Gasteiger partial charge in [0.15, 0.2) is 0 Å². The van der Waals surface area contributed by atoms with Gasteiger partial charge in [0.2, 0.25) is 0 Å². The van der Waals surface area contributed by atoms with Gasteiger partial charge in [0.25, 0.3) is 0 Å². The van der Waals surface area contributed by atoms with Crippen molar-refractivity contribution >= 4 is 11.6 Å². The van der Waals surface area contributed by atoms with Crippen LogP contribution in [0.5, 0.6) is 0 Å². The molecule has 0 saturated heterocycles. The summed E-state index contributed by atoms with van der Waals surface area (Å²) in [4.78, 5) is 0. The highest BCUT2D eigenvalue weighted by atomic mass is 35.5. The van der Waals surface area contributed by atoms with Crippen molar-refractivity contribution in [3.05, 3.63) is 190 Å². The van der Waals surface area contributed by atoms with Crippen LogP contribution in [0.25, 0.3) is 22.3 Å². The summed E-state index contributed by atoms with van der Waals surface area (Å²) in [5.41, 5.74) is 4.22. The molecular formula is C38H27ClO2. The molecule has 0 spiro atoms. The smallest absolute Gasteiger partial charge is 0.143 e. The van der Waals surface area contributed by atoms with Crippen molar-refractivity contribution in [3.63, 3.8) is 0 Å². The molecule has 0 aliphatic heterocycles. The van der Waals surface area contributed by atoms with E-state index in [0.29, 0.717) is 32.8 Å². The van der Waals surface area contributed by atoms with Crippen LogP contribution in [0.15, 0.2) is 152 Å². The average Bonchev–Trinajstić information content (AvgIpc) is 3.04. The van der Waals surface area contributed by atoms with Crippen LogP contribution in [-0.4, -0.2) is 10.2 Å². The Morgan fingerprint density at radius 1 is 0.366 bits per heavy atom. The van der Waals surface area contributed by atoms with E-state index in [2.05, 4.69) is 0 Å². The van der Waals surface area contributed by atoms with Gasteiger partial charge in [-0.15, -0.1) is 0 Å². The minimum atomic E-state index is -1.63. The van der Waals surface area contributed by atoms with Gasteiger partial charge in [-0.3, -0.25) is 0 Å². The molecule has 41 heavy (non-hydrogen) atoms. The molecule has 198 valence electrons. The van der Waals surface area contributed by atoms with Gasteiger partial charge in [0.05, 0.1) is 0 Å². The van der Waals surface area contributed by atoms with Gasteiger partial charge in [-0.25, -0.2) is 0 Å². The third kappa shape index (κ3) is 3.80. The summed E-state index contributed by atoms with van der Waals surface area (Å²) in [6.07, 6.45) is 0. The van der Waals surface area contributed by atoms with E-state index in [1.807, 2.05) is 146 Å². The predicted octanol–water partition coefficient (Wildman–Crippen LogP) is 8.56. The van der Waals surface area contributed by atoms with Gasteiger partial charge in [-0.1, -0.05) is 157 Å². The minimum absolute atomic E-state index is 0.387. The SMILES string of the molecule is OC1(c2ccccc2-c2ccccc2)c2ccccc2C(O)(c2ccccc2-c2ccccc2)c2c(Cl)cccc21. The summed E-state index contributed by atoms with van der Waals surface area (Å²) in [6, 6.07) is 49.0. The lowest BCUT2D eigenvalue weighted by molar-refractivity contribution is 0.0754. The van der Waals surface area contributed by atoms with Crippen molar-refractivity contribution in [1.29, 1.82) is 0 Å². The molecule has 0 amide bonds. The maximum atomic E-state index is 13.1. The molecule has 1 aliphatic rings. The Hall–Kier alpha value is -4.47. The summed E-state index contributed by atoms with van der Waals surface area (Å²) in [6.45, 7) is 0. The first kappa shape index (κ1) is 25.5. The Kier molecular flexibility index (Phi) is 6.13. The van der Waals surface area contributed by atoms with Crippen molar-refractivity contribution < 1.29 is 10.2 Å². The van der Waals surface area contributed by atoms with E-state index in [0.717, 1.165) is 27.8 Å². The number of rotatable bonds is 4. The quantitative estimate of drug-likeness (QED) is 0.231. The lowest BCUT2D eigenvalue weighted by atomic mass is 9.62. The summed E-state index contributed by atoms with van der Waals surface area (Å²) < 4.78 is 0. The number of hydrogen-bond donors (Lipinski definition) is 2. The standard InChI is InChI=1S/C38H27ClO2/c39-35-25-13-24-34-36(35)38(41,31-21-10-8-19-29(31)27-16-5-2-6-17-27)33-23-12-11-22-32(33)37(34,40)30-20-9-7-18-28(30)26-14-3-1-4-15-26/h1-25,40-41H. The van der Waals surface area contributed by atoms with E-state index >= 15 is 0 Å². The number of aliphatic hydroxyl groups is 2. The zero-order valence-electron chi connectivity index (χ0n) is 22.2. The van der Waals surface area contributed by atoms with Crippen LogP contribution < -0.4 is 0 Å². The molecular weight excluding hydrogens is 524 g/mol. The molecule has 2 unspecified atom stereocenters. The summed E-state index contributed by atoms with van der Waals surface area (Å²) in [7, 11) is 0. The molecule has 2 nitrogen and oxygen atoms in total. The molecule has 0 fully saturated rings. The van der Waals surface area contributed by atoms with Crippen LogP contribution in [0.3, 0.4) is 0 Å². The molecule has 0 radical (unpaired) electrons. The zero-order valence-corrected chi connectivity index (χ0v) is 23.0. The number of hydrogen-bond acceptors (Lipinski definition) is 2. The van der Waals surface area contributed by atoms with Gasteiger partial charge < -0.3 is 10.2 Å². The second-order valence-corrected chi connectivity index (χ2v) is 10.9. The van der Waals surface area contributed by atoms with Gasteiger partial charge >= 0.3 is 0 Å². The Morgan fingerprint density at radius 3 is 1.29 bits per heavy atom. The number of benzene rings is 6. The minimum Gasteiger partial charge on any atom is -0.376 e. The Labute approximate surface area is 244 Å². The molecule has 0 bridgehead atoms. The average molecular weight is 551 g/mol. The van der Waals surface area contributed by atoms with Crippen molar-refractivity contribution in [2.24, 2.45) is 0 Å². The highest BCUT2D eigenvalue weighted by Crippen LogP contribution is 2.57. The zero-order chi connectivity index (χ0) is 28.0. The topological polar surface area (TPSA) is 40.5 Å². The van der Waals surface area contributed by atoms with Crippen LogP contribution in [-0.2, 0) is 11.2 Å². The Morgan fingerprint density at radius 2 is 0.756 bits per heavy atom. The molecule has 2 N–H and O–H groups in total. The van der Waals surface area contributed by atoms with Crippen LogP contribution >= 0.6 is 11.6 Å². The van der Waals surface area contributed by atoms with E-state index in [1.54, 1.807) is 6.07 Å². The third-order valence-electron chi connectivity index (χ3n) is 8.28. The van der Waals surface area contributed by atoms with E-state index < -0.39 is 11.2 Å². The van der Waals surface area contributed by atoms with Crippen molar-refractivity contribution in [3.8, 4) is 22.3 Å². The molecule has 7 rings (SSSR count). The maximum Gasteiger partial charge on any atom is 0.143 e. The fraction of sp³-hybridized carbons (Fsp3) is 0.0526. The first-order valence-electron chi connectivity index (χ1n) is 13.7. The second-order valence-electron chi connectivity index (χ2n) is 10.5. The fourth-order valence-electron chi connectivity index (χ4n) is 6.49. The first-order valence-corrected chi connectivity index (χ1v) is 14.1. The molecule has 0 saturated carbocycles. The summed E-state index contributed by atoms with van der Waals surface area (Å²) in [5, 5.41) is 26.6. The predicted molar refractivity (Wildman–Crippen MR) is 166 cm³/mol. The van der Waals surface area contributed by atoms with E-state index in [-0.39, 0.29) is 0 Å². The van der Waals surface area contributed by atoms with Crippen LogP contribution in [0, 0.1) is 0 Å². The summed E-state index contributed by atoms with van der Waals surface area (Å²) >= 11 is 7.04. The van der Waals surface area contributed by atoms with Gasteiger partial charge in [0.1, 0.15) is 11.2 Å². The van der Waals surface area contributed by atoms with Crippen LogP contribution in [0.1, 0.15) is 33.4 Å². The molecule has 1 aliphatic carbocycles. The largest absolute Gasteiger partial charge is 0.376 e. The molecule has 0 heterocycles. The molecule has 6 aromatic rings. The van der Waals surface area contributed by atoms with E-state index in [1.165, 1.54) is 0 Å². The van der Waals surface area contributed by atoms with Gasteiger partial charge in [0, 0.05) is 27.3 Å². The molecule has 6 aromatic carbocycles. The highest BCUT2D eigenvalue weighted by Gasteiger charge is 2.53. The highest BCUT2D eigenvalue weighted by molar-refractivity contribution is 6.31. The van der Waals surface area contributed by atoms with Gasteiger partial charge in [-0.2, -0.15) is 0 Å². The lowest BCUT2D eigenvalue weighted by Crippen LogP contribution is -2.44. The molecule has 2 atom stereocenters. The fourth-order valence-corrected chi connectivity index (χ4v) is 6.80. The second kappa shape index (κ2) is 9.87. The number of halogens is 1. The third-order valence-corrected chi connectivity index (χ3v) is 8.59. The van der Waals surface area contributed by atoms with Crippen LogP contribution in [0.4, 0.5) is 0 Å². The molecule has 3 heteroatoms. The summed E-state index contributed by atoms with van der Waals surface area (Å²) in [5.74, 6) is 0. The molecule has 0 aromatic heterocycles. The van der Waals surface area contributed by atoms with Gasteiger partial charge in [-0.05, 0) is 39.4 Å².